The normalized spacial score (nSPS) is 18.6. The number of benzene rings is 2. The van der Waals surface area contributed by atoms with Crippen LogP contribution in [0, 0.1) is 5.92 Å². The number of aromatic nitrogens is 2. The van der Waals surface area contributed by atoms with Crippen molar-refractivity contribution in [3.05, 3.63) is 108 Å². The summed E-state index contributed by atoms with van der Waals surface area (Å²) < 4.78 is 0. The van der Waals surface area contributed by atoms with E-state index in [0.717, 1.165) is 55.7 Å². The molecule has 7 heteroatoms. The average Bonchev–Trinajstić information content (AvgIpc) is 3.26. The number of piperazine rings is 1. The van der Waals surface area contributed by atoms with Gasteiger partial charge in [-0.15, -0.1) is 6.58 Å². The van der Waals surface area contributed by atoms with Crippen LogP contribution in [0.3, 0.4) is 0 Å². The number of hydrogen-bond acceptors (Lipinski definition) is 5. The van der Waals surface area contributed by atoms with E-state index in [-0.39, 0.29) is 17.6 Å². The Morgan fingerprint density at radius 3 is 2.68 bits per heavy atom. The molecule has 3 aromatic rings. The van der Waals surface area contributed by atoms with E-state index >= 15 is 0 Å². The molecule has 0 spiro atoms. The van der Waals surface area contributed by atoms with Crippen molar-refractivity contribution in [3.8, 4) is 0 Å². The van der Waals surface area contributed by atoms with E-state index in [2.05, 4.69) is 63.0 Å². The fraction of sp³-hybridized carbons (Fsp3) is 0.290. The molecule has 0 saturated carbocycles. The van der Waals surface area contributed by atoms with Crippen LogP contribution in [-0.4, -0.2) is 64.0 Å². The highest BCUT2D eigenvalue weighted by Gasteiger charge is 2.17. The Morgan fingerprint density at radius 2 is 1.92 bits per heavy atom. The van der Waals surface area contributed by atoms with Crippen LogP contribution >= 0.6 is 0 Å². The minimum absolute atomic E-state index is 0.124. The molecule has 0 radical (unpaired) electrons. The Hall–Kier alpha value is -3.94. The van der Waals surface area contributed by atoms with Gasteiger partial charge in [0.05, 0.1) is 16.6 Å². The summed E-state index contributed by atoms with van der Waals surface area (Å²) in [4.78, 5) is 25.7. The molecule has 3 N–H and O–H groups in total. The first-order valence-electron chi connectivity index (χ1n) is 13.2. The molecule has 2 aromatic carbocycles. The maximum atomic E-state index is 12.9. The van der Waals surface area contributed by atoms with E-state index in [1.807, 2.05) is 30.4 Å². The maximum Gasteiger partial charge on any atom is 0.251 e. The molecular weight excluding hydrogens is 474 g/mol. The third-order valence-electron chi connectivity index (χ3n) is 7.19. The highest BCUT2D eigenvalue weighted by molar-refractivity contribution is 5.97. The molecule has 1 aliphatic carbocycles. The van der Waals surface area contributed by atoms with Crippen molar-refractivity contribution in [2.75, 3.05) is 33.2 Å². The number of likely N-dealkylation sites (N-methyl/N-ethyl adjacent to an activating group) is 1. The largest absolute Gasteiger partial charge is 0.507 e. The number of amides is 1. The molecule has 7 nitrogen and oxygen atoms in total. The highest BCUT2D eigenvalue weighted by Crippen LogP contribution is 2.27. The van der Waals surface area contributed by atoms with Gasteiger partial charge in [-0.05, 0) is 54.8 Å². The third-order valence-corrected chi connectivity index (χ3v) is 7.19. The second-order valence-electron chi connectivity index (χ2n) is 10.1. The molecule has 2 heterocycles. The van der Waals surface area contributed by atoms with Gasteiger partial charge < -0.3 is 20.3 Å². The Labute approximate surface area is 223 Å². The van der Waals surface area contributed by atoms with Crippen LogP contribution in [0.2, 0.25) is 0 Å². The Morgan fingerprint density at radius 1 is 1.16 bits per heavy atom. The average molecular weight is 510 g/mol. The van der Waals surface area contributed by atoms with E-state index in [4.69, 9.17) is 0 Å². The number of H-pyrrole nitrogens is 1. The Bertz CT molecular complexity index is 1390. The molecule has 1 aliphatic heterocycles. The number of aromatic amines is 1. The quantitative estimate of drug-likeness (QED) is 0.379. The lowest BCUT2D eigenvalue weighted by molar-refractivity contribution is 0.0951. The predicted octanol–water partition coefficient (Wildman–Crippen LogP) is 4.83. The van der Waals surface area contributed by atoms with Gasteiger partial charge in [-0.3, -0.25) is 9.69 Å². The summed E-state index contributed by atoms with van der Waals surface area (Å²) in [6, 6.07) is 13.9. The number of aliphatic hydroxyl groups is 1. The number of carbonyl (C=O) groups is 1. The first-order valence-corrected chi connectivity index (χ1v) is 13.2. The van der Waals surface area contributed by atoms with Gasteiger partial charge in [0.15, 0.2) is 0 Å². The van der Waals surface area contributed by atoms with Gasteiger partial charge in [0.2, 0.25) is 0 Å². The lowest BCUT2D eigenvalue weighted by Gasteiger charge is -2.32. The van der Waals surface area contributed by atoms with Crippen LogP contribution in [0.5, 0.6) is 0 Å². The molecule has 1 amide bonds. The minimum atomic E-state index is -0.142. The van der Waals surface area contributed by atoms with E-state index in [0.29, 0.717) is 23.5 Å². The molecule has 2 aliphatic rings. The summed E-state index contributed by atoms with van der Waals surface area (Å²) in [7, 11) is 2.17. The second-order valence-corrected chi connectivity index (χ2v) is 10.1. The highest BCUT2D eigenvalue weighted by atomic mass is 16.3. The molecule has 1 unspecified atom stereocenters. The number of aliphatic hydroxyl groups excluding tert-OH is 1. The number of rotatable bonds is 8. The number of fused-ring (bicyclic) bond motifs is 1. The summed E-state index contributed by atoms with van der Waals surface area (Å²) in [5.74, 6) is 0.704. The van der Waals surface area contributed by atoms with E-state index in [1.165, 1.54) is 5.56 Å². The van der Waals surface area contributed by atoms with Crippen LogP contribution < -0.4 is 5.32 Å². The van der Waals surface area contributed by atoms with Crippen molar-refractivity contribution < 1.29 is 9.90 Å². The number of nitrogens with zero attached hydrogens (tertiary/aromatic N) is 3. The maximum absolute atomic E-state index is 12.9. The Balaban J connectivity index is 1.22. The minimum Gasteiger partial charge on any atom is -0.507 e. The lowest BCUT2D eigenvalue weighted by Crippen LogP contribution is -2.43. The molecule has 1 fully saturated rings. The molecule has 1 aromatic heterocycles. The molecule has 196 valence electrons. The fourth-order valence-corrected chi connectivity index (χ4v) is 4.86. The van der Waals surface area contributed by atoms with Gasteiger partial charge in [0.25, 0.3) is 5.91 Å². The van der Waals surface area contributed by atoms with Gasteiger partial charge >= 0.3 is 0 Å². The van der Waals surface area contributed by atoms with E-state index in [1.54, 1.807) is 18.2 Å². The second kappa shape index (κ2) is 11.6. The van der Waals surface area contributed by atoms with Crippen molar-refractivity contribution in [1.82, 2.24) is 25.1 Å². The summed E-state index contributed by atoms with van der Waals surface area (Å²) in [6.07, 6.45) is 10.2. The third kappa shape index (κ3) is 6.13. The first kappa shape index (κ1) is 25.7. The molecule has 0 bridgehead atoms. The number of hydrogen-bond donors (Lipinski definition) is 3. The van der Waals surface area contributed by atoms with E-state index in [9.17, 15) is 9.90 Å². The molecule has 5 rings (SSSR count). The summed E-state index contributed by atoms with van der Waals surface area (Å²) >= 11 is 0. The Kier molecular flexibility index (Phi) is 7.86. The van der Waals surface area contributed by atoms with Crippen LogP contribution in [0.4, 0.5) is 0 Å². The molecular formula is C31H35N5O2. The first-order chi connectivity index (χ1) is 18.5. The van der Waals surface area contributed by atoms with Gasteiger partial charge in [-0.2, -0.15) is 0 Å². The smallest absolute Gasteiger partial charge is 0.251 e. The van der Waals surface area contributed by atoms with Crippen molar-refractivity contribution in [3.63, 3.8) is 0 Å². The van der Waals surface area contributed by atoms with Crippen LogP contribution in [0.1, 0.15) is 33.7 Å². The lowest BCUT2D eigenvalue weighted by atomic mass is 10.0. The predicted molar refractivity (Wildman–Crippen MR) is 153 cm³/mol. The fourth-order valence-electron chi connectivity index (χ4n) is 4.86. The van der Waals surface area contributed by atoms with Crippen molar-refractivity contribution in [1.29, 1.82) is 0 Å². The number of allylic oxidation sites excluding steroid dienone is 6. The zero-order valence-electron chi connectivity index (χ0n) is 21.9. The zero-order chi connectivity index (χ0) is 26.5. The number of carbonyl (C=O) groups excluding carboxylic acids is 1. The molecule has 38 heavy (non-hydrogen) atoms. The van der Waals surface area contributed by atoms with Gasteiger partial charge in [0.1, 0.15) is 11.6 Å². The van der Waals surface area contributed by atoms with Gasteiger partial charge in [-0.25, -0.2) is 4.98 Å². The SMILES string of the molecule is C=CCC1C=CC=C(O)C(c2nc3ccc(C(=O)NCc4ccc(CN5CCN(C)CC5)cc4)cc3[nH]2)=C1. The monoisotopic (exact) mass is 509 g/mol. The standard InChI is InChI=1S/C31H35N5O2/c1-3-5-22-6-4-7-29(37)26(18-22)30-33-27-13-12-25(19-28(27)34-30)31(38)32-20-23-8-10-24(11-9-23)21-36-16-14-35(2)15-17-36/h3-4,6-13,18-19,22,37H,1,5,14-17,20-21H2,2H3,(H,32,38)(H,33,34). The van der Waals surface area contributed by atoms with Crippen molar-refractivity contribution in [2.24, 2.45) is 5.92 Å². The summed E-state index contributed by atoms with van der Waals surface area (Å²) in [5, 5.41) is 13.6. The van der Waals surface area contributed by atoms with E-state index < -0.39 is 0 Å². The van der Waals surface area contributed by atoms with Crippen LogP contribution in [0.15, 0.2) is 85.2 Å². The molecule has 1 saturated heterocycles. The summed E-state index contributed by atoms with van der Waals surface area (Å²) in [6.45, 7) is 9.66. The van der Waals surface area contributed by atoms with Gasteiger partial charge in [-0.1, -0.05) is 48.6 Å². The zero-order valence-corrected chi connectivity index (χ0v) is 21.9. The number of imidazole rings is 1. The topological polar surface area (TPSA) is 84.5 Å². The molecule has 1 atom stereocenters. The van der Waals surface area contributed by atoms with Crippen molar-refractivity contribution in [2.45, 2.75) is 19.5 Å². The van der Waals surface area contributed by atoms with Crippen LogP contribution in [-0.2, 0) is 13.1 Å². The van der Waals surface area contributed by atoms with Gasteiger partial charge in [0, 0.05) is 44.8 Å². The van der Waals surface area contributed by atoms with Crippen molar-refractivity contribution >= 4 is 22.5 Å². The van der Waals surface area contributed by atoms with Crippen LogP contribution in [0.25, 0.3) is 16.6 Å². The summed E-state index contributed by atoms with van der Waals surface area (Å²) in [5.41, 5.74) is 5.03. The number of nitrogens with one attached hydrogen (secondary N) is 2.